The number of nitrogens with one attached hydrogen (secondary N) is 3. The van der Waals surface area contributed by atoms with E-state index in [1.54, 1.807) is 60.0 Å². The zero-order valence-corrected chi connectivity index (χ0v) is 55.2. The fourth-order valence-electron chi connectivity index (χ4n) is 11.7. The summed E-state index contributed by atoms with van der Waals surface area (Å²) in [4.78, 5) is 115. The highest BCUT2D eigenvalue weighted by Gasteiger charge is 2.44. The van der Waals surface area contributed by atoms with Crippen LogP contribution < -0.4 is 20.9 Å². The average Bonchev–Trinajstić information content (AvgIpc) is 1.76. The van der Waals surface area contributed by atoms with Crippen molar-refractivity contribution in [2.75, 3.05) is 99.2 Å². The summed E-state index contributed by atoms with van der Waals surface area (Å²) in [6, 6.07) is 20.1. The van der Waals surface area contributed by atoms with E-state index in [1.165, 1.54) is 19.1 Å². The van der Waals surface area contributed by atoms with Gasteiger partial charge in [-0.15, -0.1) is 0 Å². The number of carboxylic acids is 1. The predicted molar refractivity (Wildman–Crippen MR) is 344 cm³/mol. The Morgan fingerprint density at radius 2 is 1.27 bits per heavy atom. The fraction of sp³-hybridized carbons (Fsp3) is 0.594. The molecule has 0 radical (unpaired) electrons. The van der Waals surface area contributed by atoms with Crippen molar-refractivity contribution in [3.63, 3.8) is 0 Å². The number of likely N-dealkylation sites (N-methyl/N-ethyl adjacent to an activating group) is 2. The molecule has 0 bridgehead atoms. The number of para-hydroxylation sites is 1. The van der Waals surface area contributed by atoms with Crippen molar-refractivity contribution in [1.29, 1.82) is 0 Å². The van der Waals surface area contributed by atoms with E-state index in [1.807, 2.05) is 96.1 Å². The number of amides is 7. The van der Waals surface area contributed by atoms with Gasteiger partial charge in [0.1, 0.15) is 18.1 Å². The van der Waals surface area contributed by atoms with Gasteiger partial charge in [-0.25, -0.2) is 4.79 Å². The number of aliphatic carboxylic acids is 1. The maximum absolute atomic E-state index is 14.7. The number of nitrogens with zero attached hydrogens (tertiary/aromatic N) is 4. The SMILES string of the molecule is CC[C@H](C)[C@@H]([C@@H](CC(=O)N1CCC[C@H]1[C@H](OC)[C@@H](C)C(=O)NC(Cc1ccccc1)C(=O)O)OC)N(C)C(=O)[C@@H](NC(=O)[C@H](C(C)C)N(C)C(=O)CCOCCOCCOCCOCCNC(=O)CCC(=O)N1Cc2ccccc2C#Cc2ccccc21)C(C)C. The zero-order chi connectivity index (χ0) is 66.6. The molecule has 0 saturated carbocycles. The molecule has 5 rings (SSSR count). The van der Waals surface area contributed by atoms with Crippen LogP contribution in [0.15, 0.2) is 78.9 Å². The van der Waals surface area contributed by atoms with E-state index in [4.69, 9.17) is 28.4 Å². The first-order valence-electron chi connectivity index (χ1n) is 31.9. The van der Waals surface area contributed by atoms with E-state index in [2.05, 4.69) is 27.8 Å². The minimum absolute atomic E-state index is 0.00385. The smallest absolute Gasteiger partial charge is 0.326 e. The lowest BCUT2D eigenvalue weighted by molar-refractivity contribution is -0.149. The van der Waals surface area contributed by atoms with Gasteiger partial charge in [-0.05, 0) is 59.9 Å². The number of benzene rings is 3. The van der Waals surface area contributed by atoms with Crippen molar-refractivity contribution in [1.82, 2.24) is 30.7 Å². The van der Waals surface area contributed by atoms with Crippen molar-refractivity contribution in [2.45, 2.75) is 149 Å². The number of hydrogen-bond acceptors (Lipinski definition) is 14. The first-order valence-corrected chi connectivity index (χ1v) is 31.9. The van der Waals surface area contributed by atoms with Crippen LogP contribution in [0.1, 0.15) is 116 Å². The van der Waals surface area contributed by atoms with E-state index in [0.717, 1.165) is 27.9 Å². The van der Waals surface area contributed by atoms with Gasteiger partial charge in [0.25, 0.3) is 0 Å². The Hall–Kier alpha value is -7.26. The maximum Gasteiger partial charge on any atom is 0.326 e. The molecule has 0 spiro atoms. The highest BCUT2D eigenvalue weighted by atomic mass is 16.6. The Bertz CT molecular complexity index is 2900. The second-order valence-corrected chi connectivity index (χ2v) is 24.1. The Labute approximate surface area is 538 Å². The van der Waals surface area contributed by atoms with Crippen LogP contribution in [-0.2, 0) is 79.7 Å². The van der Waals surface area contributed by atoms with Gasteiger partial charge < -0.3 is 69.1 Å². The molecule has 2 heterocycles. The standard InChI is InChI=1S/C69H99N7O15/c1-12-48(6)64(57(86-10)44-61(80)75-34-20-27-56(75)65(87-11)49(7)66(81)71-54(69(84)85)43-50-21-14-13-15-22-50)74(9)68(83)62(46(2)3)72-67(82)63(47(4)5)73(8)59(78)32-35-88-37-39-90-41-42-91-40-38-89-36-33-70-58(77)30-31-60(79)76-45-53-25-17-16-23-51(53)28-29-52-24-18-19-26-55(52)76/h13-19,21-26,46-49,54,56-57,62-65H,12,20,27,30-45H2,1-11H3,(H,70,77)(H,71,81)(H,72,82)(H,84,85)/t48-,49+,54?,56-,57+,62-,63-,64-,65+/m0/s1. The number of hydrogen-bond donors (Lipinski definition) is 4. The number of fused-ring (bicyclic) bond motifs is 2. The van der Waals surface area contributed by atoms with Crippen molar-refractivity contribution in [3.05, 3.63) is 101 Å². The monoisotopic (exact) mass is 1270 g/mol. The molecule has 1 unspecified atom stereocenters. The third-order valence-electron chi connectivity index (χ3n) is 17.0. The van der Waals surface area contributed by atoms with Gasteiger partial charge >= 0.3 is 5.97 Å². The number of carbonyl (C=O) groups excluding carboxylic acids is 7. The van der Waals surface area contributed by atoms with Crippen LogP contribution in [-0.4, -0.2) is 204 Å². The molecule has 1 fully saturated rings. The Balaban J connectivity index is 0.989. The second kappa shape index (κ2) is 38.6. The van der Waals surface area contributed by atoms with Crippen LogP contribution in [0.3, 0.4) is 0 Å². The van der Waals surface area contributed by atoms with Crippen LogP contribution in [0.4, 0.5) is 5.69 Å². The zero-order valence-electron chi connectivity index (χ0n) is 55.2. The van der Waals surface area contributed by atoms with Crippen LogP contribution in [0.5, 0.6) is 0 Å². The number of likely N-dealkylation sites (tertiary alicyclic amines) is 1. The van der Waals surface area contributed by atoms with Crippen molar-refractivity contribution >= 4 is 53.0 Å². The molecule has 3 aromatic rings. The minimum atomic E-state index is -1.17. The third kappa shape index (κ3) is 22.5. The average molecular weight is 1270 g/mol. The lowest BCUT2D eigenvalue weighted by Crippen LogP contribution is -2.60. The number of ether oxygens (including phenoxy) is 6. The molecule has 22 heteroatoms. The summed E-state index contributed by atoms with van der Waals surface area (Å²) in [5, 5.41) is 18.5. The second-order valence-electron chi connectivity index (χ2n) is 24.1. The predicted octanol–water partition coefficient (Wildman–Crippen LogP) is 5.64. The van der Waals surface area contributed by atoms with Crippen molar-refractivity contribution in [2.24, 2.45) is 23.7 Å². The Morgan fingerprint density at radius 1 is 0.670 bits per heavy atom. The van der Waals surface area contributed by atoms with E-state index < -0.39 is 66.1 Å². The van der Waals surface area contributed by atoms with Crippen LogP contribution in [0, 0.1) is 35.5 Å². The normalized spacial score (nSPS) is 16.3. The van der Waals surface area contributed by atoms with Gasteiger partial charge in [0, 0.05) is 71.8 Å². The Kier molecular flexibility index (Phi) is 31.6. The van der Waals surface area contributed by atoms with Crippen LogP contribution in [0.25, 0.3) is 0 Å². The highest BCUT2D eigenvalue weighted by Crippen LogP contribution is 2.31. The highest BCUT2D eigenvalue weighted by molar-refractivity contribution is 5.97. The number of anilines is 1. The summed E-state index contributed by atoms with van der Waals surface area (Å²) < 4.78 is 34.5. The minimum Gasteiger partial charge on any atom is -0.480 e. The summed E-state index contributed by atoms with van der Waals surface area (Å²) in [6.07, 6.45) is 0.430. The summed E-state index contributed by atoms with van der Waals surface area (Å²) in [5.74, 6) is 1.23. The summed E-state index contributed by atoms with van der Waals surface area (Å²) in [7, 11) is 6.19. The largest absolute Gasteiger partial charge is 0.480 e. The maximum atomic E-state index is 14.7. The van der Waals surface area contributed by atoms with Gasteiger partial charge in [0.15, 0.2) is 0 Å². The molecule has 22 nitrogen and oxygen atoms in total. The topological polar surface area (TPSA) is 261 Å². The molecule has 3 aromatic carbocycles. The Morgan fingerprint density at radius 3 is 1.89 bits per heavy atom. The number of rotatable bonds is 39. The summed E-state index contributed by atoms with van der Waals surface area (Å²) in [5.41, 5.74) is 4.05. The van der Waals surface area contributed by atoms with Crippen LogP contribution in [0.2, 0.25) is 0 Å². The summed E-state index contributed by atoms with van der Waals surface area (Å²) >= 11 is 0. The van der Waals surface area contributed by atoms with Crippen molar-refractivity contribution in [3.8, 4) is 11.8 Å². The molecule has 2 aliphatic heterocycles. The third-order valence-corrected chi connectivity index (χ3v) is 17.0. The molecule has 9 atom stereocenters. The van der Waals surface area contributed by atoms with E-state index in [-0.39, 0.29) is 112 Å². The molecule has 0 aromatic heterocycles. The van der Waals surface area contributed by atoms with Gasteiger partial charge in [0.2, 0.25) is 41.4 Å². The van der Waals surface area contributed by atoms with E-state index in [0.29, 0.717) is 58.8 Å². The molecular weight excluding hydrogens is 1170 g/mol. The lowest BCUT2D eigenvalue weighted by atomic mass is 9.89. The first kappa shape index (κ1) is 74.5. The van der Waals surface area contributed by atoms with E-state index in [9.17, 15) is 43.5 Å². The van der Waals surface area contributed by atoms with Gasteiger partial charge in [-0.3, -0.25) is 33.6 Å². The van der Waals surface area contributed by atoms with Crippen molar-refractivity contribution < 1.29 is 71.9 Å². The number of carbonyl (C=O) groups is 8. The van der Waals surface area contributed by atoms with Gasteiger partial charge in [0.05, 0.1) is 108 Å². The molecule has 91 heavy (non-hydrogen) atoms. The molecule has 7 amide bonds. The molecule has 2 aliphatic rings. The quantitative estimate of drug-likeness (QED) is 0.0398. The lowest BCUT2D eigenvalue weighted by Gasteiger charge is -2.41. The fourth-order valence-corrected chi connectivity index (χ4v) is 11.7. The molecule has 4 N–H and O–H groups in total. The number of carboxylic acid groups (broad SMARTS) is 1. The van der Waals surface area contributed by atoms with Gasteiger partial charge in [-0.1, -0.05) is 127 Å². The first-order chi connectivity index (χ1) is 43.6. The van der Waals surface area contributed by atoms with E-state index >= 15 is 0 Å². The van der Waals surface area contributed by atoms with Crippen LogP contribution >= 0.6 is 0 Å². The molecular formula is C69H99N7O15. The number of methoxy groups -OCH3 is 2. The van der Waals surface area contributed by atoms with Gasteiger partial charge in [-0.2, -0.15) is 0 Å². The molecule has 1 saturated heterocycles. The molecule has 0 aliphatic carbocycles. The summed E-state index contributed by atoms with van der Waals surface area (Å²) in [6.45, 7) is 16.1. The molecule has 500 valence electrons.